The highest BCUT2D eigenvalue weighted by Gasteiger charge is 2.17. The number of carbonyl (C=O) groups is 2. The third-order valence-electron chi connectivity index (χ3n) is 4.77. The van der Waals surface area contributed by atoms with E-state index in [2.05, 4.69) is 15.6 Å². The Morgan fingerprint density at radius 3 is 2.70 bits per heavy atom. The van der Waals surface area contributed by atoms with Gasteiger partial charge >= 0.3 is 0 Å². The van der Waals surface area contributed by atoms with Crippen LogP contribution in [0.4, 0.5) is 9.52 Å². The summed E-state index contributed by atoms with van der Waals surface area (Å²) < 4.78 is 13.7. The molecule has 1 aliphatic carbocycles. The van der Waals surface area contributed by atoms with Crippen molar-refractivity contribution >= 4 is 28.3 Å². The summed E-state index contributed by atoms with van der Waals surface area (Å²) in [7, 11) is 0. The molecule has 0 bridgehead atoms. The Morgan fingerprint density at radius 2 is 1.93 bits per heavy atom. The molecule has 2 N–H and O–H groups in total. The van der Waals surface area contributed by atoms with E-state index in [9.17, 15) is 14.0 Å². The normalized spacial score (nSPS) is 14.7. The van der Waals surface area contributed by atoms with Crippen molar-refractivity contribution in [2.24, 2.45) is 5.92 Å². The van der Waals surface area contributed by atoms with Crippen molar-refractivity contribution in [3.05, 3.63) is 46.7 Å². The largest absolute Gasteiger partial charge is 0.347 e. The molecule has 27 heavy (non-hydrogen) atoms. The van der Waals surface area contributed by atoms with Gasteiger partial charge in [0.05, 0.1) is 6.54 Å². The summed E-state index contributed by atoms with van der Waals surface area (Å²) in [5, 5.41) is 5.81. The van der Waals surface area contributed by atoms with Gasteiger partial charge in [-0.2, -0.15) is 0 Å². The number of nitrogens with zero attached hydrogens (tertiary/aromatic N) is 1. The lowest BCUT2D eigenvalue weighted by Crippen LogP contribution is -2.34. The molecule has 0 unspecified atom stereocenters. The Hall–Kier alpha value is -2.28. The highest BCUT2D eigenvalue weighted by Crippen LogP contribution is 2.26. The molecular formula is C20H24FN3O2S. The fourth-order valence-corrected chi connectivity index (χ4v) is 4.20. The first kappa shape index (κ1) is 19.5. The van der Waals surface area contributed by atoms with Gasteiger partial charge in [0.25, 0.3) is 0 Å². The number of amides is 2. The van der Waals surface area contributed by atoms with E-state index in [-0.39, 0.29) is 24.2 Å². The zero-order chi connectivity index (χ0) is 19.1. The van der Waals surface area contributed by atoms with E-state index < -0.39 is 0 Å². The smallest absolute Gasteiger partial charge is 0.245 e. The second-order valence-corrected chi connectivity index (χ2v) is 8.05. The highest BCUT2D eigenvalue weighted by atomic mass is 32.1. The lowest BCUT2D eigenvalue weighted by Gasteiger charge is -2.20. The zero-order valence-electron chi connectivity index (χ0n) is 15.2. The van der Waals surface area contributed by atoms with Crippen molar-refractivity contribution in [2.45, 2.75) is 44.9 Å². The number of nitrogens with one attached hydrogen (secondary N) is 2. The van der Waals surface area contributed by atoms with Crippen LogP contribution in [-0.2, 0) is 16.0 Å². The van der Waals surface area contributed by atoms with E-state index >= 15 is 0 Å². The lowest BCUT2D eigenvalue weighted by atomic mass is 9.87. The molecule has 3 rings (SSSR count). The summed E-state index contributed by atoms with van der Waals surface area (Å²) in [4.78, 5) is 29.0. The minimum absolute atomic E-state index is 0.0617. The number of halogens is 1. The van der Waals surface area contributed by atoms with Crippen molar-refractivity contribution in [2.75, 3.05) is 11.9 Å². The first-order chi connectivity index (χ1) is 13.1. The van der Waals surface area contributed by atoms with E-state index in [1.807, 2.05) is 0 Å². The summed E-state index contributed by atoms with van der Waals surface area (Å²) in [5.74, 6) is -0.186. The SMILES string of the molecule is O=C(CC1CCCCC1)NCC(=O)Nc1ncc(Cc2ccccc2F)s1. The van der Waals surface area contributed by atoms with Crippen molar-refractivity contribution in [1.82, 2.24) is 10.3 Å². The van der Waals surface area contributed by atoms with Crippen LogP contribution in [-0.4, -0.2) is 23.3 Å². The molecule has 0 saturated heterocycles. The summed E-state index contributed by atoms with van der Waals surface area (Å²) in [6, 6.07) is 6.60. The number of rotatable bonds is 7. The topological polar surface area (TPSA) is 71.1 Å². The van der Waals surface area contributed by atoms with Gasteiger partial charge in [0.1, 0.15) is 5.82 Å². The van der Waals surface area contributed by atoms with Gasteiger partial charge < -0.3 is 10.6 Å². The number of carbonyl (C=O) groups excluding carboxylic acids is 2. The number of thiazole rings is 1. The zero-order valence-corrected chi connectivity index (χ0v) is 16.0. The van der Waals surface area contributed by atoms with E-state index in [0.29, 0.717) is 29.5 Å². The van der Waals surface area contributed by atoms with Crippen LogP contribution in [0.3, 0.4) is 0 Å². The van der Waals surface area contributed by atoms with Crippen LogP contribution in [0.5, 0.6) is 0 Å². The molecule has 0 spiro atoms. The molecule has 1 aromatic carbocycles. The fraction of sp³-hybridized carbons (Fsp3) is 0.450. The molecule has 0 radical (unpaired) electrons. The number of hydrogen-bond acceptors (Lipinski definition) is 4. The molecule has 2 amide bonds. The lowest BCUT2D eigenvalue weighted by molar-refractivity contribution is -0.125. The van der Waals surface area contributed by atoms with Gasteiger partial charge in [-0.15, -0.1) is 11.3 Å². The van der Waals surface area contributed by atoms with Gasteiger partial charge in [-0.3, -0.25) is 9.59 Å². The van der Waals surface area contributed by atoms with Gasteiger partial charge in [0.15, 0.2) is 5.13 Å². The number of anilines is 1. The average Bonchev–Trinajstić information content (AvgIpc) is 3.10. The summed E-state index contributed by atoms with van der Waals surface area (Å²) in [5.41, 5.74) is 0.592. The van der Waals surface area contributed by atoms with E-state index in [1.165, 1.54) is 36.7 Å². The van der Waals surface area contributed by atoms with Crippen molar-refractivity contribution in [1.29, 1.82) is 0 Å². The second-order valence-electron chi connectivity index (χ2n) is 6.93. The van der Waals surface area contributed by atoms with Gasteiger partial charge in [-0.25, -0.2) is 9.37 Å². The van der Waals surface area contributed by atoms with Gasteiger partial charge in [-0.1, -0.05) is 37.5 Å². The molecule has 144 valence electrons. The van der Waals surface area contributed by atoms with Crippen LogP contribution in [0, 0.1) is 11.7 Å². The van der Waals surface area contributed by atoms with Crippen molar-refractivity contribution in [3.63, 3.8) is 0 Å². The van der Waals surface area contributed by atoms with Crippen molar-refractivity contribution < 1.29 is 14.0 Å². The summed E-state index contributed by atoms with van der Waals surface area (Å²) in [6.45, 7) is -0.0617. The Morgan fingerprint density at radius 1 is 1.15 bits per heavy atom. The molecule has 2 aromatic rings. The van der Waals surface area contributed by atoms with E-state index in [1.54, 1.807) is 24.4 Å². The molecule has 1 aliphatic rings. The molecule has 0 aliphatic heterocycles. The second kappa shape index (κ2) is 9.60. The Labute approximate surface area is 162 Å². The van der Waals surface area contributed by atoms with Crippen LogP contribution in [0.1, 0.15) is 49.0 Å². The predicted octanol–water partition coefficient (Wildman–Crippen LogP) is 3.90. The molecule has 0 atom stereocenters. The molecular weight excluding hydrogens is 365 g/mol. The third kappa shape index (κ3) is 6.13. The van der Waals surface area contributed by atoms with Gasteiger partial charge in [0.2, 0.25) is 11.8 Å². The minimum Gasteiger partial charge on any atom is -0.347 e. The van der Waals surface area contributed by atoms with Gasteiger partial charge in [-0.05, 0) is 30.4 Å². The number of benzene rings is 1. The Balaban J connectivity index is 1.42. The minimum atomic E-state index is -0.307. The monoisotopic (exact) mass is 389 g/mol. The standard InChI is InChI=1S/C20H24FN3O2S/c21-17-9-5-4-8-15(17)11-16-12-23-20(27-16)24-19(26)13-22-18(25)10-14-6-2-1-3-7-14/h4-5,8-9,12,14H,1-3,6-7,10-11,13H2,(H,22,25)(H,23,24,26). The first-order valence-corrected chi connectivity index (χ1v) is 10.2. The van der Waals surface area contributed by atoms with Crippen molar-refractivity contribution in [3.8, 4) is 0 Å². The summed E-state index contributed by atoms with van der Waals surface area (Å²) in [6.07, 6.45) is 8.40. The van der Waals surface area contributed by atoms with Gasteiger partial charge in [0, 0.05) is 23.9 Å². The molecule has 7 heteroatoms. The van der Waals surface area contributed by atoms with E-state index in [0.717, 1.165) is 17.7 Å². The molecule has 1 heterocycles. The maximum Gasteiger partial charge on any atom is 0.245 e. The quantitative estimate of drug-likeness (QED) is 0.754. The van der Waals surface area contributed by atoms with Crippen LogP contribution in [0.25, 0.3) is 0 Å². The predicted molar refractivity (Wildman–Crippen MR) is 104 cm³/mol. The fourth-order valence-electron chi connectivity index (χ4n) is 3.34. The molecule has 1 fully saturated rings. The number of aromatic nitrogens is 1. The average molecular weight is 389 g/mol. The van der Waals surface area contributed by atoms with Crippen LogP contribution in [0.2, 0.25) is 0 Å². The third-order valence-corrected chi connectivity index (χ3v) is 5.68. The molecule has 5 nitrogen and oxygen atoms in total. The highest BCUT2D eigenvalue weighted by molar-refractivity contribution is 7.15. The van der Waals surface area contributed by atoms with E-state index in [4.69, 9.17) is 0 Å². The van der Waals surface area contributed by atoms with Crippen LogP contribution < -0.4 is 10.6 Å². The Bertz CT molecular complexity index is 787. The van der Waals surface area contributed by atoms with Crippen LogP contribution in [0.15, 0.2) is 30.5 Å². The maximum absolute atomic E-state index is 13.7. The van der Waals surface area contributed by atoms with Crippen LogP contribution >= 0.6 is 11.3 Å². The Kier molecular flexibility index (Phi) is 6.92. The summed E-state index contributed by atoms with van der Waals surface area (Å²) >= 11 is 1.31. The molecule has 1 saturated carbocycles. The first-order valence-electron chi connectivity index (χ1n) is 9.35. The maximum atomic E-state index is 13.7. The number of hydrogen-bond donors (Lipinski definition) is 2. The molecule has 1 aromatic heterocycles.